The predicted octanol–water partition coefficient (Wildman–Crippen LogP) is 3.02. The van der Waals surface area contributed by atoms with Crippen molar-refractivity contribution in [3.05, 3.63) is 61.6 Å². The molecule has 0 saturated heterocycles. The molecule has 3 aromatic heterocycles. The van der Waals surface area contributed by atoms with Gasteiger partial charge in [-0.3, -0.25) is 14.2 Å². The van der Waals surface area contributed by atoms with Crippen LogP contribution in [-0.2, 0) is 11.3 Å². The van der Waals surface area contributed by atoms with Gasteiger partial charge in [-0.2, -0.15) is 10.2 Å². The molecule has 0 spiro atoms. The van der Waals surface area contributed by atoms with E-state index in [1.165, 1.54) is 0 Å². The molecular weight excluding hydrogens is 402 g/mol. The molecule has 3 heterocycles. The summed E-state index contributed by atoms with van der Waals surface area (Å²) in [6.45, 7) is 9.79. The Balaban J connectivity index is 1.62. The Hall–Kier alpha value is -4.12. The lowest BCUT2D eigenvalue weighted by Gasteiger charge is -2.35. The molecule has 0 atom stereocenters. The minimum atomic E-state index is -0.243. The van der Waals surface area contributed by atoms with Gasteiger partial charge in [0.25, 0.3) is 5.91 Å². The number of anilines is 1. The van der Waals surface area contributed by atoms with E-state index in [2.05, 4.69) is 40.4 Å². The van der Waals surface area contributed by atoms with Crippen molar-refractivity contribution in [3.63, 3.8) is 0 Å². The van der Waals surface area contributed by atoms with Crippen LogP contribution in [0.5, 0.6) is 0 Å². The van der Waals surface area contributed by atoms with E-state index in [1.807, 2.05) is 27.7 Å². The number of fused-ring (bicyclic) bond motifs is 1. The highest BCUT2D eigenvalue weighted by molar-refractivity contribution is 6.00. The fourth-order valence-corrected chi connectivity index (χ4v) is 3.93. The Bertz CT molecular complexity index is 1280. The third-order valence-corrected chi connectivity index (χ3v) is 5.53. The van der Waals surface area contributed by atoms with Crippen molar-refractivity contribution in [2.45, 2.75) is 38.4 Å². The third-order valence-electron chi connectivity index (χ3n) is 5.53. The maximum absolute atomic E-state index is 11.7. The van der Waals surface area contributed by atoms with Crippen LogP contribution in [0.3, 0.4) is 0 Å². The summed E-state index contributed by atoms with van der Waals surface area (Å²) in [4.78, 5) is 16.0. The smallest absolute Gasteiger partial charge is 0.296 e. The van der Waals surface area contributed by atoms with Crippen LogP contribution >= 0.6 is 0 Å². The number of nitrogens with two attached hydrogens (primary N) is 1. The van der Waals surface area contributed by atoms with Crippen LogP contribution in [0.4, 0.5) is 5.82 Å². The third kappa shape index (κ3) is 4.05. The van der Waals surface area contributed by atoms with Gasteiger partial charge < -0.3 is 11.1 Å². The molecular formula is C24H25N7O. The van der Waals surface area contributed by atoms with Gasteiger partial charge in [-0.15, -0.1) is 0 Å². The van der Waals surface area contributed by atoms with Crippen LogP contribution in [0.2, 0.25) is 0 Å². The molecule has 0 radical (unpaired) electrons. The van der Waals surface area contributed by atoms with Crippen LogP contribution in [0.15, 0.2) is 61.6 Å². The molecule has 8 heteroatoms. The first-order chi connectivity index (χ1) is 15.5. The van der Waals surface area contributed by atoms with E-state index >= 15 is 0 Å². The number of pyridine rings is 1. The number of nitrogens with one attached hydrogen (secondary N) is 1. The molecule has 4 rings (SSSR count). The molecule has 3 N–H and O–H groups in total. The summed E-state index contributed by atoms with van der Waals surface area (Å²) >= 11 is 0. The van der Waals surface area contributed by atoms with E-state index in [1.54, 1.807) is 31.5 Å². The van der Waals surface area contributed by atoms with E-state index in [0.717, 1.165) is 40.6 Å². The highest BCUT2D eigenvalue weighted by atomic mass is 16.1. The summed E-state index contributed by atoms with van der Waals surface area (Å²) < 4.78 is 3.81. The molecule has 0 aliphatic heterocycles. The highest BCUT2D eigenvalue weighted by Crippen LogP contribution is 2.38. The average Bonchev–Trinajstić information content (AvgIpc) is 3.35. The number of carbonyl (C=O) groups is 1. The Morgan fingerprint density at radius 1 is 1.41 bits per heavy atom. The number of nitrogen functional groups attached to an aromatic ring is 1. The number of aromatic nitrogens is 5. The number of nitrogens with zero attached hydrogens (tertiary/aromatic N) is 5. The van der Waals surface area contributed by atoms with Gasteiger partial charge in [0.05, 0.1) is 29.7 Å². The molecule has 3 aromatic rings. The Morgan fingerprint density at radius 2 is 2.22 bits per heavy atom. The minimum absolute atomic E-state index is 0.0898. The summed E-state index contributed by atoms with van der Waals surface area (Å²) in [5, 5.41) is 13.1. The first-order valence-corrected chi connectivity index (χ1v) is 10.4. The molecule has 8 nitrogen and oxygen atoms in total. The van der Waals surface area contributed by atoms with Gasteiger partial charge in [-0.25, -0.2) is 4.98 Å². The fraction of sp³-hybridized carbons (Fsp3) is 0.250. The number of hydrogen-bond acceptors (Lipinski definition) is 5. The number of hydrogen-bond donors (Lipinski definition) is 2. The lowest BCUT2D eigenvalue weighted by atomic mass is 9.86. The van der Waals surface area contributed by atoms with Gasteiger partial charge in [0.2, 0.25) is 0 Å². The van der Waals surface area contributed by atoms with Gasteiger partial charge >= 0.3 is 0 Å². The summed E-state index contributed by atoms with van der Waals surface area (Å²) in [6.07, 6.45) is 12.4. The van der Waals surface area contributed by atoms with Gasteiger partial charge in [-0.05, 0) is 37.3 Å². The molecule has 0 aromatic carbocycles. The SMILES string of the molecule is C=C/C=C(\C=C)Cn1cc(-c2nn(C3CC(NC(=O)C#CC)C3)c3ccnc(N)c23)cn1. The van der Waals surface area contributed by atoms with E-state index in [9.17, 15) is 4.79 Å². The maximum Gasteiger partial charge on any atom is 0.296 e. The molecule has 1 fully saturated rings. The number of carbonyl (C=O) groups excluding carboxylic acids is 1. The highest BCUT2D eigenvalue weighted by Gasteiger charge is 2.34. The summed E-state index contributed by atoms with van der Waals surface area (Å²) in [5.74, 6) is 5.32. The molecule has 1 aliphatic rings. The monoisotopic (exact) mass is 427 g/mol. The number of rotatable bonds is 7. The van der Waals surface area contributed by atoms with E-state index in [4.69, 9.17) is 10.8 Å². The Kier molecular flexibility index (Phi) is 5.90. The fourth-order valence-electron chi connectivity index (χ4n) is 3.93. The van der Waals surface area contributed by atoms with Crippen LogP contribution in [0, 0.1) is 11.8 Å². The second-order valence-electron chi connectivity index (χ2n) is 7.66. The Labute approximate surface area is 186 Å². The zero-order chi connectivity index (χ0) is 22.7. The maximum atomic E-state index is 11.7. The Morgan fingerprint density at radius 3 is 2.94 bits per heavy atom. The van der Waals surface area contributed by atoms with Crippen LogP contribution in [0.25, 0.3) is 22.2 Å². The van der Waals surface area contributed by atoms with E-state index in [-0.39, 0.29) is 18.0 Å². The number of amides is 1. The lowest BCUT2D eigenvalue weighted by Crippen LogP contribution is -2.44. The lowest BCUT2D eigenvalue weighted by molar-refractivity contribution is -0.117. The molecule has 1 saturated carbocycles. The van der Waals surface area contributed by atoms with Gasteiger partial charge in [0.1, 0.15) is 11.5 Å². The standard InChI is InChI=1S/C24H25N7O/c1-4-7-16(6-3)14-30-15-17(13-27-30)23-22-20(9-10-26-24(22)25)31(29-23)19-11-18(12-19)28-21(32)8-5-2/h4,6-7,9-10,13,15,18-19H,1,3,11-12,14H2,2H3,(H2,25,26)(H,28,32)/b16-7+. The zero-order valence-corrected chi connectivity index (χ0v) is 18.0. The van der Waals surface area contributed by atoms with Crippen molar-refractivity contribution >= 4 is 22.6 Å². The first-order valence-electron chi connectivity index (χ1n) is 10.4. The second-order valence-corrected chi connectivity index (χ2v) is 7.66. The van der Waals surface area contributed by atoms with E-state index < -0.39 is 0 Å². The van der Waals surface area contributed by atoms with Crippen molar-refractivity contribution in [1.82, 2.24) is 29.9 Å². The molecule has 32 heavy (non-hydrogen) atoms. The molecule has 0 unspecified atom stereocenters. The zero-order valence-electron chi connectivity index (χ0n) is 18.0. The summed E-state index contributed by atoms with van der Waals surface area (Å²) in [6, 6.07) is 2.17. The van der Waals surface area contributed by atoms with Crippen molar-refractivity contribution < 1.29 is 4.79 Å². The van der Waals surface area contributed by atoms with Crippen molar-refractivity contribution in [2.24, 2.45) is 0 Å². The summed E-state index contributed by atoms with van der Waals surface area (Å²) in [5.41, 5.74) is 9.77. The van der Waals surface area contributed by atoms with Gasteiger partial charge in [0, 0.05) is 24.0 Å². The van der Waals surface area contributed by atoms with Crippen LogP contribution in [0.1, 0.15) is 25.8 Å². The van der Waals surface area contributed by atoms with E-state index in [0.29, 0.717) is 12.4 Å². The molecule has 162 valence electrons. The topological polar surface area (TPSA) is 104 Å². The van der Waals surface area contributed by atoms with Crippen molar-refractivity contribution in [2.75, 3.05) is 5.73 Å². The predicted molar refractivity (Wildman–Crippen MR) is 125 cm³/mol. The normalized spacial score (nSPS) is 17.8. The number of allylic oxidation sites excluding steroid dienone is 4. The van der Waals surface area contributed by atoms with Crippen LogP contribution in [-0.4, -0.2) is 36.5 Å². The van der Waals surface area contributed by atoms with Crippen molar-refractivity contribution in [3.8, 4) is 23.1 Å². The summed E-state index contributed by atoms with van der Waals surface area (Å²) in [7, 11) is 0. The molecule has 1 aliphatic carbocycles. The first kappa shape index (κ1) is 21.1. The van der Waals surface area contributed by atoms with Gasteiger partial charge in [0.15, 0.2) is 0 Å². The quantitative estimate of drug-likeness (QED) is 0.446. The molecule has 1 amide bonds. The minimum Gasteiger partial charge on any atom is -0.383 e. The second kappa shape index (κ2) is 8.94. The van der Waals surface area contributed by atoms with Crippen molar-refractivity contribution in [1.29, 1.82) is 0 Å². The average molecular weight is 428 g/mol. The van der Waals surface area contributed by atoms with Gasteiger partial charge in [-0.1, -0.05) is 37.3 Å². The molecule has 0 bridgehead atoms. The largest absolute Gasteiger partial charge is 0.383 e. The van der Waals surface area contributed by atoms with Crippen LogP contribution < -0.4 is 11.1 Å².